The first kappa shape index (κ1) is 18.7. The number of ether oxygens (including phenoxy) is 2. The van der Waals surface area contributed by atoms with Crippen molar-refractivity contribution < 1.29 is 18.8 Å². The zero-order valence-corrected chi connectivity index (χ0v) is 16.5. The third-order valence-electron chi connectivity index (χ3n) is 5.70. The van der Waals surface area contributed by atoms with E-state index in [9.17, 15) is 4.79 Å². The van der Waals surface area contributed by atoms with Crippen LogP contribution in [-0.2, 0) is 11.2 Å². The molecule has 1 N–H and O–H groups in total. The highest BCUT2D eigenvalue weighted by Crippen LogP contribution is 2.35. The quantitative estimate of drug-likeness (QED) is 0.666. The maximum Gasteiger partial charge on any atom is 0.249 e. The minimum atomic E-state index is -0.379. The van der Waals surface area contributed by atoms with E-state index in [0.29, 0.717) is 29.6 Å². The van der Waals surface area contributed by atoms with E-state index >= 15 is 0 Å². The van der Waals surface area contributed by atoms with Crippen LogP contribution in [0.15, 0.2) is 53.1 Å². The van der Waals surface area contributed by atoms with Crippen molar-refractivity contribution in [3.8, 4) is 22.9 Å². The molecule has 2 aromatic carbocycles. The summed E-state index contributed by atoms with van der Waals surface area (Å²) in [6.45, 7) is 0.211. The summed E-state index contributed by atoms with van der Waals surface area (Å²) in [5.41, 5.74) is 1.87. The van der Waals surface area contributed by atoms with Crippen molar-refractivity contribution >= 4 is 5.91 Å². The van der Waals surface area contributed by atoms with Crippen molar-refractivity contribution in [1.82, 2.24) is 15.5 Å². The Bertz CT molecular complexity index is 1030. The molecule has 30 heavy (non-hydrogen) atoms. The maximum absolute atomic E-state index is 12.8. The van der Waals surface area contributed by atoms with Gasteiger partial charge in [-0.1, -0.05) is 48.3 Å². The smallest absolute Gasteiger partial charge is 0.249 e. The molecule has 0 unspecified atom stereocenters. The number of fused-ring (bicyclic) bond motifs is 1. The van der Waals surface area contributed by atoms with Crippen LogP contribution in [0.3, 0.4) is 0 Å². The number of rotatable bonds is 6. The number of carbonyl (C=O) groups is 1. The lowest BCUT2D eigenvalue weighted by atomic mass is 10.0. The zero-order chi connectivity index (χ0) is 20.3. The van der Waals surface area contributed by atoms with E-state index < -0.39 is 0 Å². The van der Waals surface area contributed by atoms with Gasteiger partial charge < -0.3 is 19.3 Å². The monoisotopic (exact) mass is 405 g/mol. The van der Waals surface area contributed by atoms with Gasteiger partial charge in [0.05, 0.1) is 0 Å². The van der Waals surface area contributed by atoms with Gasteiger partial charge in [0.1, 0.15) is 6.04 Å². The van der Waals surface area contributed by atoms with Crippen LogP contribution in [0, 0.1) is 5.92 Å². The topological polar surface area (TPSA) is 86.5 Å². The van der Waals surface area contributed by atoms with E-state index in [0.717, 1.165) is 36.8 Å². The first-order valence-corrected chi connectivity index (χ1v) is 10.3. The number of aromatic nitrogens is 2. The highest BCUT2D eigenvalue weighted by molar-refractivity contribution is 5.79. The van der Waals surface area contributed by atoms with Crippen LogP contribution in [0.1, 0.15) is 43.2 Å². The van der Waals surface area contributed by atoms with Gasteiger partial charge in [-0.2, -0.15) is 4.98 Å². The molecule has 1 aliphatic heterocycles. The predicted molar refractivity (Wildman–Crippen MR) is 109 cm³/mol. The fraction of sp³-hybridized carbons (Fsp3) is 0.348. The number of amides is 1. The molecule has 1 saturated carbocycles. The summed E-state index contributed by atoms with van der Waals surface area (Å²) >= 11 is 0. The number of benzene rings is 2. The Hall–Kier alpha value is -3.35. The molecule has 1 aliphatic carbocycles. The number of hydrogen-bond donors (Lipinski definition) is 1. The van der Waals surface area contributed by atoms with Crippen LogP contribution in [0.4, 0.5) is 0 Å². The highest BCUT2D eigenvalue weighted by atomic mass is 16.7. The Balaban J connectivity index is 1.40. The van der Waals surface area contributed by atoms with Crippen molar-refractivity contribution in [3.63, 3.8) is 0 Å². The van der Waals surface area contributed by atoms with Gasteiger partial charge in [-0.15, -0.1) is 0 Å². The number of hydrogen-bond acceptors (Lipinski definition) is 6. The minimum absolute atomic E-state index is 0.0660. The maximum atomic E-state index is 12.8. The van der Waals surface area contributed by atoms with Crippen LogP contribution in [0.2, 0.25) is 0 Å². The molecule has 0 bridgehead atoms. The molecule has 3 aromatic rings. The molecule has 1 aromatic heterocycles. The van der Waals surface area contributed by atoms with Crippen molar-refractivity contribution in [1.29, 1.82) is 0 Å². The molecule has 7 heteroatoms. The first-order valence-electron chi connectivity index (χ1n) is 10.3. The molecule has 0 saturated heterocycles. The first-order chi connectivity index (χ1) is 14.8. The Morgan fingerprint density at radius 1 is 1.07 bits per heavy atom. The van der Waals surface area contributed by atoms with E-state index in [4.69, 9.17) is 14.0 Å². The summed E-state index contributed by atoms with van der Waals surface area (Å²) in [4.78, 5) is 17.4. The molecule has 1 atom stereocenters. The van der Waals surface area contributed by atoms with Gasteiger partial charge in [0, 0.05) is 17.9 Å². The Labute approximate surface area is 174 Å². The molecule has 7 nitrogen and oxygen atoms in total. The van der Waals surface area contributed by atoms with E-state index in [1.54, 1.807) is 0 Å². The van der Waals surface area contributed by atoms with Gasteiger partial charge in [-0.05, 0) is 36.6 Å². The van der Waals surface area contributed by atoms with Crippen molar-refractivity contribution in [2.75, 3.05) is 6.79 Å². The van der Waals surface area contributed by atoms with Crippen LogP contribution < -0.4 is 14.8 Å². The van der Waals surface area contributed by atoms with Gasteiger partial charge in [-0.25, -0.2) is 0 Å². The minimum Gasteiger partial charge on any atom is -0.454 e. The largest absolute Gasteiger partial charge is 0.454 e. The summed E-state index contributed by atoms with van der Waals surface area (Å²) in [6, 6.07) is 15.2. The average Bonchev–Trinajstić information content (AvgIpc) is 3.55. The highest BCUT2D eigenvalue weighted by Gasteiger charge is 2.28. The Morgan fingerprint density at radius 2 is 1.87 bits per heavy atom. The Morgan fingerprint density at radius 3 is 2.70 bits per heavy atom. The van der Waals surface area contributed by atoms with Crippen LogP contribution in [0.25, 0.3) is 11.4 Å². The van der Waals surface area contributed by atoms with Gasteiger partial charge in [0.2, 0.25) is 24.4 Å². The van der Waals surface area contributed by atoms with Gasteiger partial charge in [-0.3, -0.25) is 4.79 Å². The van der Waals surface area contributed by atoms with Crippen molar-refractivity contribution in [2.45, 2.75) is 38.1 Å². The number of nitrogens with zero attached hydrogens (tertiary/aromatic N) is 2. The SMILES string of the molecule is O=C(N[C@H](Cc1ccccc1)c1nc(-c2ccc3c(c2)OCO3)no1)C1CCCC1. The Kier molecular flexibility index (Phi) is 5.09. The number of nitrogens with one attached hydrogen (secondary N) is 1. The van der Waals surface area contributed by atoms with E-state index in [1.165, 1.54) is 0 Å². The van der Waals surface area contributed by atoms with E-state index in [1.807, 2.05) is 48.5 Å². The molecule has 2 heterocycles. The number of carbonyl (C=O) groups excluding carboxylic acids is 1. The summed E-state index contributed by atoms with van der Waals surface area (Å²) < 4.78 is 16.4. The molecular formula is C23H23N3O4. The second-order valence-electron chi connectivity index (χ2n) is 7.76. The average molecular weight is 405 g/mol. The standard InChI is InChI=1S/C23H23N3O4/c27-22(16-8-4-5-9-16)24-18(12-15-6-2-1-3-7-15)23-25-21(26-30-23)17-10-11-19-20(13-17)29-14-28-19/h1-3,6-7,10-11,13,16,18H,4-5,8-9,12,14H2,(H,24,27)/t18-/m1/s1. The molecule has 1 amide bonds. The third kappa shape index (κ3) is 3.87. The molecule has 5 rings (SSSR count). The third-order valence-corrected chi connectivity index (χ3v) is 5.70. The van der Waals surface area contributed by atoms with Gasteiger partial charge in [0.25, 0.3) is 0 Å². The lowest BCUT2D eigenvalue weighted by Crippen LogP contribution is -2.34. The van der Waals surface area contributed by atoms with E-state index in [-0.39, 0.29) is 24.7 Å². The summed E-state index contributed by atoms with van der Waals surface area (Å²) in [7, 11) is 0. The van der Waals surface area contributed by atoms with Crippen molar-refractivity contribution in [3.05, 3.63) is 60.0 Å². The molecule has 2 aliphatic rings. The van der Waals surface area contributed by atoms with E-state index in [2.05, 4.69) is 15.5 Å². The summed E-state index contributed by atoms with van der Waals surface area (Å²) in [5, 5.41) is 7.30. The lowest BCUT2D eigenvalue weighted by molar-refractivity contribution is -0.125. The van der Waals surface area contributed by atoms with Crippen LogP contribution in [0.5, 0.6) is 11.5 Å². The molecule has 0 radical (unpaired) electrons. The van der Waals surface area contributed by atoms with Crippen LogP contribution in [-0.4, -0.2) is 22.8 Å². The normalized spacial score (nSPS) is 16.5. The lowest BCUT2D eigenvalue weighted by Gasteiger charge is -2.18. The second kappa shape index (κ2) is 8.18. The fourth-order valence-corrected chi connectivity index (χ4v) is 4.06. The molecule has 1 fully saturated rings. The second-order valence-corrected chi connectivity index (χ2v) is 7.76. The summed E-state index contributed by atoms with van der Waals surface area (Å²) in [6.07, 6.45) is 4.68. The zero-order valence-electron chi connectivity index (χ0n) is 16.5. The van der Waals surface area contributed by atoms with Gasteiger partial charge >= 0.3 is 0 Å². The molecule has 154 valence electrons. The molecular weight excluding hydrogens is 382 g/mol. The predicted octanol–water partition coefficient (Wildman–Crippen LogP) is 4.06. The fourth-order valence-electron chi connectivity index (χ4n) is 4.06. The van der Waals surface area contributed by atoms with Gasteiger partial charge in [0.15, 0.2) is 11.5 Å². The molecule has 0 spiro atoms. The van der Waals surface area contributed by atoms with Crippen molar-refractivity contribution in [2.24, 2.45) is 5.92 Å². The van der Waals surface area contributed by atoms with Crippen LogP contribution >= 0.6 is 0 Å². The summed E-state index contributed by atoms with van der Waals surface area (Å²) in [5.74, 6) is 2.35.